The van der Waals surface area contributed by atoms with Gasteiger partial charge < -0.3 is 5.32 Å². The number of hydrogen-bond acceptors (Lipinski definition) is 3. The molecular formula is C22H17Cl5N4O2. The van der Waals surface area contributed by atoms with E-state index in [-0.39, 0.29) is 16.5 Å². The Bertz CT molecular complexity index is 1160. The van der Waals surface area contributed by atoms with Crippen molar-refractivity contribution in [3.8, 4) is 0 Å². The molecule has 0 aliphatic heterocycles. The van der Waals surface area contributed by atoms with Gasteiger partial charge in [-0.05, 0) is 55.6 Å². The van der Waals surface area contributed by atoms with Crippen molar-refractivity contribution in [1.29, 1.82) is 0 Å². The van der Waals surface area contributed by atoms with Crippen LogP contribution in [0.4, 0.5) is 5.69 Å². The number of carbonyl (C=O) groups is 2. The summed E-state index contributed by atoms with van der Waals surface area (Å²) in [6.07, 6.45) is 3.11. The highest BCUT2D eigenvalue weighted by molar-refractivity contribution is 6.53. The Kier molecular flexibility index (Phi) is 8.08. The average Bonchev–Trinajstić information content (AvgIpc) is 3.33. The molecule has 2 N–H and O–H groups in total. The van der Waals surface area contributed by atoms with Crippen molar-refractivity contribution in [2.45, 2.75) is 17.2 Å². The normalized spacial score (nSPS) is 19.3. The number of carbonyl (C=O) groups excluding carboxylic acids is 2. The summed E-state index contributed by atoms with van der Waals surface area (Å²) >= 11 is 31.1. The van der Waals surface area contributed by atoms with Crippen molar-refractivity contribution in [2.75, 3.05) is 5.32 Å². The number of benzene rings is 2. The fourth-order valence-electron chi connectivity index (χ4n) is 3.25. The second-order valence-electron chi connectivity index (χ2n) is 7.06. The zero-order valence-corrected chi connectivity index (χ0v) is 20.9. The lowest BCUT2D eigenvalue weighted by atomic mass is 10.1. The molecule has 11 heteroatoms. The molecule has 172 valence electrons. The van der Waals surface area contributed by atoms with Crippen LogP contribution in [0.25, 0.3) is 0 Å². The molecule has 0 spiro atoms. The lowest BCUT2D eigenvalue weighted by molar-refractivity contribution is -0.117. The largest absolute Gasteiger partial charge is 0.326 e. The molecule has 0 saturated heterocycles. The minimum Gasteiger partial charge on any atom is -0.326 e. The lowest BCUT2D eigenvalue weighted by Crippen LogP contribution is -2.29. The second-order valence-corrected chi connectivity index (χ2v) is 9.79. The van der Waals surface area contributed by atoms with Crippen LogP contribution in [0.15, 0.2) is 58.7 Å². The first-order valence-corrected chi connectivity index (χ1v) is 11.4. The number of rotatable bonds is 5. The van der Waals surface area contributed by atoms with Crippen molar-refractivity contribution in [2.24, 2.45) is 15.9 Å². The van der Waals surface area contributed by atoms with Crippen molar-refractivity contribution in [3.63, 3.8) is 0 Å². The van der Waals surface area contributed by atoms with E-state index >= 15 is 0 Å². The number of alkyl halides is 2. The Morgan fingerprint density at radius 3 is 2.36 bits per heavy atom. The SMILES string of the molecule is C=N/C(=N\C=C/C)NC(=O)c1cc(NC(=O)C2C(c3cc(Cl)cc(Cl)c3)C2(Cl)Cl)ccc1Cl. The molecule has 1 saturated carbocycles. The van der Waals surface area contributed by atoms with Crippen LogP contribution in [0, 0.1) is 5.92 Å². The summed E-state index contributed by atoms with van der Waals surface area (Å²) in [5.74, 6) is -2.27. The highest BCUT2D eigenvalue weighted by atomic mass is 35.5. The first kappa shape index (κ1) is 25.5. The van der Waals surface area contributed by atoms with E-state index in [0.29, 0.717) is 21.3 Å². The maximum atomic E-state index is 12.9. The predicted octanol–water partition coefficient (Wildman–Crippen LogP) is 6.49. The third kappa shape index (κ3) is 5.89. The van der Waals surface area contributed by atoms with Gasteiger partial charge in [0.2, 0.25) is 11.9 Å². The number of nitrogens with one attached hydrogen (secondary N) is 2. The van der Waals surface area contributed by atoms with E-state index in [9.17, 15) is 9.59 Å². The van der Waals surface area contributed by atoms with Crippen molar-refractivity contribution < 1.29 is 9.59 Å². The molecule has 1 aliphatic rings. The fraction of sp³-hybridized carbons (Fsp3) is 0.182. The van der Waals surface area contributed by atoms with Crippen molar-refractivity contribution >= 4 is 88.2 Å². The van der Waals surface area contributed by atoms with Gasteiger partial charge in [-0.25, -0.2) is 9.98 Å². The number of halogens is 5. The van der Waals surface area contributed by atoms with Crippen molar-refractivity contribution in [3.05, 3.63) is 74.9 Å². The summed E-state index contributed by atoms with van der Waals surface area (Å²) in [5.41, 5.74) is 1.08. The maximum absolute atomic E-state index is 12.9. The first-order valence-electron chi connectivity index (χ1n) is 9.49. The van der Waals surface area contributed by atoms with E-state index in [1.807, 2.05) is 0 Å². The minimum atomic E-state index is -1.33. The average molecular weight is 547 g/mol. The summed E-state index contributed by atoms with van der Waals surface area (Å²) in [6.45, 7) is 5.12. The first-order chi connectivity index (χ1) is 15.6. The van der Waals surface area contributed by atoms with E-state index in [4.69, 9.17) is 58.0 Å². The van der Waals surface area contributed by atoms with Crippen LogP contribution in [0.1, 0.15) is 28.8 Å². The van der Waals surface area contributed by atoms with Gasteiger partial charge >= 0.3 is 0 Å². The third-order valence-corrected chi connectivity index (χ3v) is 6.49. The number of allylic oxidation sites excluding steroid dienone is 1. The summed E-state index contributed by atoms with van der Waals surface area (Å²) in [5, 5.41) is 6.20. The van der Waals surface area contributed by atoms with Gasteiger partial charge in [0.25, 0.3) is 5.91 Å². The number of aliphatic imine (C=N–C) groups is 2. The molecule has 2 unspecified atom stereocenters. The Labute approximate surface area is 215 Å². The minimum absolute atomic E-state index is 0.00123. The zero-order valence-electron chi connectivity index (χ0n) is 17.1. The lowest BCUT2D eigenvalue weighted by Gasteiger charge is -2.10. The molecule has 0 heterocycles. The number of hydrogen-bond donors (Lipinski definition) is 2. The molecule has 1 fully saturated rings. The Balaban J connectivity index is 1.78. The topological polar surface area (TPSA) is 82.9 Å². The monoisotopic (exact) mass is 544 g/mol. The van der Waals surface area contributed by atoms with Crippen LogP contribution in [0.5, 0.6) is 0 Å². The summed E-state index contributed by atoms with van der Waals surface area (Å²) in [7, 11) is 0. The van der Waals surface area contributed by atoms with Crippen LogP contribution in [-0.2, 0) is 4.79 Å². The van der Waals surface area contributed by atoms with E-state index < -0.39 is 28.0 Å². The van der Waals surface area contributed by atoms with E-state index in [1.54, 1.807) is 37.3 Å². The Hall–Kier alpha value is -2.09. The van der Waals surface area contributed by atoms with Gasteiger partial charge in [0.05, 0.1) is 16.5 Å². The van der Waals surface area contributed by atoms with Crippen molar-refractivity contribution in [1.82, 2.24) is 5.32 Å². The van der Waals surface area contributed by atoms with Gasteiger partial charge in [0.1, 0.15) is 4.33 Å². The van der Waals surface area contributed by atoms with Crippen LogP contribution >= 0.6 is 58.0 Å². The smallest absolute Gasteiger partial charge is 0.259 e. The molecule has 0 radical (unpaired) electrons. The van der Waals surface area contributed by atoms with Gasteiger partial charge in [0, 0.05) is 27.9 Å². The molecule has 2 amide bonds. The molecule has 2 atom stereocenters. The second kappa shape index (κ2) is 10.5. The predicted molar refractivity (Wildman–Crippen MR) is 136 cm³/mol. The molecule has 6 nitrogen and oxygen atoms in total. The molecular weight excluding hydrogens is 530 g/mol. The Morgan fingerprint density at radius 1 is 1.09 bits per heavy atom. The van der Waals surface area contributed by atoms with Crippen LogP contribution in [0.3, 0.4) is 0 Å². The maximum Gasteiger partial charge on any atom is 0.259 e. The molecule has 33 heavy (non-hydrogen) atoms. The van der Waals surface area contributed by atoms with Gasteiger partial charge in [-0.3, -0.25) is 14.9 Å². The Morgan fingerprint density at radius 2 is 1.76 bits per heavy atom. The van der Waals surface area contributed by atoms with E-state index in [2.05, 4.69) is 27.3 Å². The number of nitrogens with zero attached hydrogens (tertiary/aromatic N) is 2. The highest BCUT2D eigenvalue weighted by Gasteiger charge is 2.67. The van der Waals surface area contributed by atoms with E-state index in [1.165, 1.54) is 18.3 Å². The standard InChI is InChI=1S/C22H17Cl5N4O2/c1-3-6-29-21(28-2)31-19(32)15-10-14(4-5-16(15)25)30-20(33)18-17(22(18,26)27)11-7-12(23)9-13(24)8-11/h3-10,17-18H,2H2,1H3,(H,30,33)(H,29,31,32)/b6-3-. The van der Waals surface area contributed by atoms with Crippen LogP contribution in [-0.4, -0.2) is 28.8 Å². The van der Waals surface area contributed by atoms with Gasteiger partial charge in [0.15, 0.2) is 0 Å². The molecule has 2 aromatic carbocycles. The summed E-state index contributed by atoms with van der Waals surface area (Å²) in [4.78, 5) is 33.1. The molecule has 2 aromatic rings. The van der Waals surface area contributed by atoms with Crippen LogP contribution in [0.2, 0.25) is 15.1 Å². The van der Waals surface area contributed by atoms with Gasteiger partial charge in [-0.1, -0.05) is 40.9 Å². The summed E-state index contributed by atoms with van der Waals surface area (Å²) in [6, 6.07) is 9.35. The molecule has 0 bridgehead atoms. The number of amides is 2. The van der Waals surface area contributed by atoms with Gasteiger partial charge in [-0.15, -0.1) is 23.2 Å². The molecule has 0 aromatic heterocycles. The molecule has 3 rings (SSSR count). The van der Waals surface area contributed by atoms with Crippen LogP contribution < -0.4 is 10.6 Å². The van der Waals surface area contributed by atoms with E-state index in [0.717, 1.165) is 0 Å². The number of guanidine groups is 1. The highest BCUT2D eigenvalue weighted by Crippen LogP contribution is 2.65. The quantitative estimate of drug-likeness (QED) is 0.255. The van der Waals surface area contributed by atoms with Gasteiger partial charge in [-0.2, -0.15) is 0 Å². The summed E-state index contributed by atoms with van der Waals surface area (Å²) < 4.78 is -1.33. The zero-order chi connectivity index (χ0) is 24.3. The molecule has 1 aliphatic carbocycles. The third-order valence-electron chi connectivity index (χ3n) is 4.78. The fourth-order valence-corrected chi connectivity index (χ4v) is 4.82. The number of anilines is 1.